The third-order valence-electron chi connectivity index (χ3n) is 2.01. The summed E-state index contributed by atoms with van der Waals surface area (Å²) in [6.45, 7) is 2.91. The van der Waals surface area contributed by atoms with Gasteiger partial charge in [0.2, 0.25) is 0 Å². The van der Waals surface area contributed by atoms with Crippen molar-refractivity contribution in [1.29, 1.82) is 0 Å². The van der Waals surface area contributed by atoms with E-state index < -0.39 is 0 Å². The Hall–Kier alpha value is -0.300. The average Bonchev–Trinajstić information content (AvgIpc) is 2.65. The summed E-state index contributed by atoms with van der Waals surface area (Å²) in [5.41, 5.74) is 1.02. The number of aliphatic imine (C=N–C) groups is 1. The summed E-state index contributed by atoms with van der Waals surface area (Å²) >= 11 is 4.20. The van der Waals surface area contributed by atoms with Gasteiger partial charge in [0.1, 0.15) is 5.82 Å². The van der Waals surface area contributed by atoms with Crippen molar-refractivity contribution in [2.75, 3.05) is 16.3 Å². The molecule has 3 nitrogen and oxygen atoms in total. The van der Waals surface area contributed by atoms with Crippen molar-refractivity contribution in [3.05, 3.63) is 23.9 Å². The molecule has 15 heavy (non-hydrogen) atoms. The zero-order chi connectivity index (χ0) is 10.7. The number of aromatic nitrogens is 1. The van der Waals surface area contributed by atoms with E-state index in [0.29, 0.717) is 5.25 Å². The van der Waals surface area contributed by atoms with Crippen LogP contribution < -0.4 is 5.32 Å². The fourth-order valence-electron chi connectivity index (χ4n) is 1.29. The third-order valence-corrected chi connectivity index (χ3v) is 4.78. The van der Waals surface area contributed by atoms with Crippen LogP contribution in [0.15, 0.2) is 23.2 Å². The molecule has 1 aliphatic rings. The second kappa shape index (κ2) is 5.16. The van der Waals surface area contributed by atoms with Crippen molar-refractivity contribution >= 4 is 45.3 Å². The Kier molecular flexibility index (Phi) is 3.85. The van der Waals surface area contributed by atoms with Crippen LogP contribution in [0.25, 0.3) is 0 Å². The lowest BCUT2D eigenvalue weighted by Gasteiger charge is -2.06. The Labute approximate surface area is 107 Å². The van der Waals surface area contributed by atoms with Gasteiger partial charge in [-0.3, -0.25) is 4.99 Å². The highest BCUT2D eigenvalue weighted by molar-refractivity contribution is 14.1. The van der Waals surface area contributed by atoms with Crippen molar-refractivity contribution in [1.82, 2.24) is 4.98 Å². The monoisotopic (exact) mass is 333 g/mol. The molecule has 1 atom stereocenters. The molecule has 0 aliphatic carbocycles. The first-order valence-corrected chi connectivity index (χ1v) is 7.16. The Morgan fingerprint density at radius 2 is 2.47 bits per heavy atom. The number of aryl methyl sites for hydroxylation is 1. The molecule has 0 spiro atoms. The van der Waals surface area contributed by atoms with Crippen molar-refractivity contribution in [2.24, 2.45) is 4.99 Å². The van der Waals surface area contributed by atoms with Crippen LogP contribution in [-0.4, -0.2) is 26.4 Å². The molecule has 0 amide bonds. The minimum Gasteiger partial charge on any atom is -0.320 e. The summed E-state index contributed by atoms with van der Waals surface area (Å²) in [5, 5.41) is 4.86. The predicted octanol–water partition coefficient (Wildman–Crippen LogP) is 2.71. The van der Waals surface area contributed by atoms with E-state index >= 15 is 0 Å². The molecule has 0 saturated heterocycles. The van der Waals surface area contributed by atoms with Crippen molar-refractivity contribution in [3.63, 3.8) is 0 Å². The van der Waals surface area contributed by atoms with Gasteiger partial charge in [0.05, 0.1) is 6.54 Å². The minimum atomic E-state index is 0.623. The molecule has 0 aromatic carbocycles. The molecule has 80 valence electrons. The van der Waals surface area contributed by atoms with Crippen LogP contribution in [0.1, 0.15) is 5.69 Å². The highest BCUT2D eigenvalue weighted by atomic mass is 127. The lowest BCUT2D eigenvalue weighted by molar-refractivity contribution is 0.999. The predicted molar refractivity (Wildman–Crippen MR) is 75.2 cm³/mol. The van der Waals surface area contributed by atoms with Gasteiger partial charge < -0.3 is 5.32 Å². The van der Waals surface area contributed by atoms with Crippen molar-refractivity contribution in [3.8, 4) is 0 Å². The maximum absolute atomic E-state index is 4.44. The first-order valence-electron chi connectivity index (χ1n) is 4.75. The lowest BCUT2D eigenvalue weighted by Crippen LogP contribution is -2.09. The van der Waals surface area contributed by atoms with Crippen LogP contribution in [0.3, 0.4) is 0 Å². The fourth-order valence-corrected chi connectivity index (χ4v) is 2.95. The summed E-state index contributed by atoms with van der Waals surface area (Å²) in [4.78, 5) is 8.82. The Morgan fingerprint density at radius 1 is 1.60 bits per heavy atom. The molecule has 1 aromatic rings. The maximum atomic E-state index is 4.44. The minimum absolute atomic E-state index is 0.623. The van der Waals surface area contributed by atoms with E-state index in [2.05, 4.69) is 37.9 Å². The van der Waals surface area contributed by atoms with Gasteiger partial charge in [-0.1, -0.05) is 40.4 Å². The number of alkyl halides is 1. The molecule has 0 saturated carbocycles. The number of halogens is 1. The van der Waals surface area contributed by atoms with E-state index in [4.69, 9.17) is 0 Å². The molecule has 0 bridgehead atoms. The number of hydrogen-bond donors (Lipinski definition) is 1. The normalized spacial score (nSPS) is 20.1. The molecule has 2 heterocycles. The van der Waals surface area contributed by atoms with Gasteiger partial charge >= 0.3 is 0 Å². The molecule has 5 heteroatoms. The van der Waals surface area contributed by atoms with Gasteiger partial charge in [-0.15, -0.1) is 0 Å². The molecule has 1 aromatic heterocycles. The molecule has 0 radical (unpaired) electrons. The van der Waals surface area contributed by atoms with E-state index in [1.54, 1.807) is 11.8 Å². The van der Waals surface area contributed by atoms with Gasteiger partial charge in [-0.05, 0) is 19.1 Å². The van der Waals surface area contributed by atoms with Crippen LogP contribution in [0, 0.1) is 6.92 Å². The largest absolute Gasteiger partial charge is 0.320 e. The number of anilines is 1. The maximum Gasteiger partial charge on any atom is 0.162 e. The first kappa shape index (κ1) is 11.2. The number of amidine groups is 1. The molecular formula is C10H12IN3S. The second-order valence-electron chi connectivity index (χ2n) is 3.33. The lowest BCUT2D eigenvalue weighted by atomic mass is 10.4. The van der Waals surface area contributed by atoms with Crippen LogP contribution in [0.5, 0.6) is 0 Å². The van der Waals surface area contributed by atoms with Crippen LogP contribution in [0.2, 0.25) is 0 Å². The van der Waals surface area contributed by atoms with Gasteiger partial charge in [-0.25, -0.2) is 4.98 Å². The van der Waals surface area contributed by atoms with E-state index in [-0.39, 0.29) is 0 Å². The summed E-state index contributed by atoms with van der Waals surface area (Å²) in [6.07, 6.45) is 0. The second-order valence-corrected chi connectivity index (χ2v) is 5.50. The number of thioether (sulfide) groups is 1. The van der Waals surface area contributed by atoms with Crippen molar-refractivity contribution < 1.29 is 0 Å². The Morgan fingerprint density at radius 3 is 3.13 bits per heavy atom. The molecule has 1 N–H and O–H groups in total. The third kappa shape index (κ3) is 3.07. The quantitative estimate of drug-likeness (QED) is 0.668. The first-order chi connectivity index (χ1) is 7.28. The van der Waals surface area contributed by atoms with E-state index in [9.17, 15) is 0 Å². The van der Waals surface area contributed by atoms with Gasteiger partial charge in [-0.2, -0.15) is 0 Å². The van der Waals surface area contributed by atoms with E-state index in [1.807, 2.05) is 25.1 Å². The molecular weight excluding hydrogens is 321 g/mol. The topological polar surface area (TPSA) is 37.3 Å². The highest BCUT2D eigenvalue weighted by Gasteiger charge is 2.18. The summed E-state index contributed by atoms with van der Waals surface area (Å²) in [6, 6.07) is 5.95. The van der Waals surface area contributed by atoms with Crippen molar-refractivity contribution in [2.45, 2.75) is 12.2 Å². The number of pyridine rings is 1. The highest BCUT2D eigenvalue weighted by Crippen LogP contribution is 2.23. The standard InChI is InChI=1S/C10H12IN3S/c1-7-3-2-4-9(13-7)14-10-12-6-8(5-11)15-10/h2-4,8H,5-6H2,1H3,(H,12,13,14). The Bertz CT molecular complexity index is 381. The summed E-state index contributed by atoms with van der Waals surface area (Å²) < 4.78 is 1.14. The Balaban J connectivity index is 1.98. The van der Waals surface area contributed by atoms with Gasteiger partial charge in [0.25, 0.3) is 0 Å². The average molecular weight is 333 g/mol. The van der Waals surface area contributed by atoms with Crippen LogP contribution >= 0.6 is 34.4 Å². The smallest absolute Gasteiger partial charge is 0.162 e. The SMILES string of the molecule is Cc1cccc(NC2=NCC(CI)S2)n1. The van der Waals surface area contributed by atoms with Crippen LogP contribution in [-0.2, 0) is 0 Å². The molecule has 0 fully saturated rings. The number of hydrogen-bond acceptors (Lipinski definition) is 4. The summed E-state index contributed by atoms with van der Waals surface area (Å²) in [5.74, 6) is 0.885. The van der Waals surface area contributed by atoms with Crippen LogP contribution in [0.4, 0.5) is 5.82 Å². The molecule has 1 unspecified atom stereocenters. The summed E-state index contributed by atoms with van der Waals surface area (Å²) in [7, 11) is 0. The number of nitrogens with one attached hydrogen (secondary N) is 1. The van der Waals surface area contributed by atoms with E-state index in [1.165, 1.54) is 0 Å². The van der Waals surface area contributed by atoms with Gasteiger partial charge in [0.15, 0.2) is 5.17 Å². The molecule has 2 rings (SSSR count). The number of rotatable bonds is 2. The van der Waals surface area contributed by atoms with E-state index in [0.717, 1.165) is 27.7 Å². The zero-order valence-electron chi connectivity index (χ0n) is 8.40. The fraction of sp³-hybridized carbons (Fsp3) is 0.400. The van der Waals surface area contributed by atoms with Gasteiger partial charge in [0, 0.05) is 15.4 Å². The zero-order valence-corrected chi connectivity index (χ0v) is 11.4. The number of nitrogens with zero attached hydrogens (tertiary/aromatic N) is 2. The molecule has 1 aliphatic heterocycles.